The largest absolute Gasteiger partial charge is 0.477 e. The van der Waals surface area contributed by atoms with Crippen molar-refractivity contribution in [1.29, 1.82) is 0 Å². The van der Waals surface area contributed by atoms with Gasteiger partial charge >= 0.3 is 0 Å². The molecular weight excluding hydrogens is 192 g/mol. The summed E-state index contributed by atoms with van der Waals surface area (Å²) in [4.78, 5) is 10.6. The zero-order valence-electron chi connectivity index (χ0n) is 9.10. The average molecular weight is 208 g/mol. The second kappa shape index (κ2) is 4.44. The average Bonchev–Trinajstić information content (AvgIpc) is 2.16. The van der Waals surface area contributed by atoms with E-state index in [9.17, 15) is 0 Å². The van der Waals surface area contributed by atoms with Crippen LogP contribution in [0.1, 0.15) is 6.92 Å². The van der Waals surface area contributed by atoms with Gasteiger partial charge in [-0.15, -0.1) is 0 Å². The second-order valence-corrected chi connectivity index (χ2v) is 3.57. The molecule has 1 aromatic heterocycles. The topological polar surface area (TPSA) is 50.3 Å². The zero-order valence-corrected chi connectivity index (χ0v) is 9.10. The summed E-state index contributed by atoms with van der Waals surface area (Å²) in [6.07, 6.45) is 3.40. The van der Waals surface area contributed by atoms with Crippen LogP contribution < -0.4 is 15.0 Å². The van der Waals surface area contributed by atoms with Gasteiger partial charge in [0.15, 0.2) is 5.82 Å². The van der Waals surface area contributed by atoms with Gasteiger partial charge in [-0.3, -0.25) is 4.98 Å². The fourth-order valence-electron chi connectivity index (χ4n) is 1.46. The number of nitrogens with zero attached hydrogens (tertiary/aromatic N) is 3. The van der Waals surface area contributed by atoms with E-state index in [2.05, 4.69) is 20.2 Å². The molecule has 5 heteroatoms. The predicted octanol–water partition coefficient (Wildman–Crippen LogP) is 0.283. The highest BCUT2D eigenvalue weighted by Crippen LogP contribution is 2.16. The van der Waals surface area contributed by atoms with Gasteiger partial charge in [-0.2, -0.15) is 4.98 Å². The minimum atomic E-state index is 0.524. The molecule has 5 nitrogen and oxygen atoms in total. The first kappa shape index (κ1) is 10.2. The van der Waals surface area contributed by atoms with Gasteiger partial charge in [-0.25, -0.2) is 0 Å². The summed E-state index contributed by atoms with van der Waals surface area (Å²) in [6, 6.07) is 0.524. The molecule has 0 spiro atoms. The molecule has 0 saturated carbocycles. The van der Waals surface area contributed by atoms with E-state index < -0.39 is 0 Å². The Morgan fingerprint density at radius 1 is 1.53 bits per heavy atom. The van der Waals surface area contributed by atoms with E-state index in [1.165, 1.54) is 0 Å². The molecule has 2 heterocycles. The molecule has 0 unspecified atom stereocenters. The maximum Gasteiger partial charge on any atom is 0.234 e. The van der Waals surface area contributed by atoms with E-state index in [4.69, 9.17) is 4.74 Å². The first-order valence-electron chi connectivity index (χ1n) is 5.19. The highest BCUT2D eigenvalue weighted by molar-refractivity contribution is 5.38. The van der Waals surface area contributed by atoms with Crippen molar-refractivity contribution in [3.05, 3.63) is 12.4 Å². The molecule has 0 aromatic carbocycles. The number of rotatable bonds is 4. The van der Waals surface area contributed by atoms with Crippen molar-refractivity contribution in [3.63, 3.8) is 0 Å². The number of nitrogens with one attached hydrogen (secondary N) is 1. The molecule has 1 saturated heterocycles. The van der Waals surface area contributed by atoms with Gasteiger partial charge in [0.25, 0.3) is 0 Å². The van der Waals surface area contributed by atoms with Crippen LogP contribution in [-0.2, 0) is 0 Å². The zero-order chi connectivity index (χ0) is 10.7. The monoisotopic (exact) mass is 208 g/mol. The summed E-state index contributed by atoms with van der Waals surface area (Å²) in [6.45, 7) is 4.58. The van der Waals surface area contributed by atoms with E-state index in [-0.39, 0.29) is 0 Å². The van der Waals surface area contributed by atoms with Crippen LogP contribution in [0.15, 0.2) is 12.4 Å². The Morgan fingerprint density at radius 3 is 2.93 bits per heavy atom. The predicted molar refractivity (Wildman–Crippen MR) is 58.3 cm³/mol. The lowest BCUT2D eigenvalue weighted by atomic mass is 10.1. The summed E-state index contributed by atoms with van der Waals surface area (Å²) in [5.74, 6) is 1.46. The van der Waals surface area contributed by atoms with Crippen LogP contribution in [-0.4, -0.2) is 42.8 Å². The van der Waals surface area contributed by atoms with Crippen molar-refractivity contribution in [3.8, 4) is 5.88 Å². The van der Waals surface area contributed by atoms with E-state index in [0.717, 1.165) is 18.9 Å². The van der Waals surface area contributed by atoms with Gasteiger partial charge in [-0.1, -0.05) is 0 Å². The molecule has 0 aliphatic carbocycles. The molecule has 1 aromatic rings. The molecule has 82 valence electrons. The molecule has 0 radical (unpaired) electrons. The third-order valence-corrected chi connectivity index (χ3v) is 2.56. The van der Waals surface area contributed by atoms with Gasteiger partial charge in [0.05, 0.1) is 25.0 Å². The van der Waals surface area contributed by atoms with Gasteiger partial charge in [0, 0.05) is 20.1 Å². The van der Waals surface area contributed by atoms with Gasteiger partial charge in [0.1, 0.15) is 0 Å². The summed E-state index contributed by atoms with van der Waals surface area (Å²) >= 11 is 0. The van der Waals surface area contributed by atoms with Crippen LogP contribution in [0, 0.1) is 0 Å². The van der Waals surface area contributed by atoms with Crippen molar-refractivity contribution in [2.24, 2.45) is 0 Å². The Morgan fingerprint density at radius 2 is 2.33 bits per heavy atom. The van der Waals surface area contributed by atoms with E-state index in [1.807, 2.05) is 14.0 Å². The summed E-state index contributed by atoms with van der Waals surface area (Å²) < 4.78 is 5.31. The lowest BCUT2D eigenvalue weighted by Gasteiger charge is -2.36. The normalized spacial score (nSPS) is 15.9. The third kappa shape index (κ3) is 2.18. The summed E-state index contributed by atoms with van der Waals surface area (Å²) in [5, 5.41) is 3.23. The van der Waals surface area contributed by atoms with Gasteiger partial charge in [-0.05, 0) is 6.92 Å². The molecule has 1 aliphatic rings. The smallest absolute Gasteiger partial charge is 0.234 e. The Balaban J connectivity index is 2.09. The van der Waals surface area contributed by atoms with Crippen molar-refractivity contribution in [2.45, 2.75) is 13.0 Å². The molecule has 0 bridgehead atoms. The van der Waals surface area contributed by atoms with Crippen molar-refractivity contribution >= 4 is 5.82 Å². The maximum atomic E-state index is 5.31. The minimum absolute atomic E-state index is 0.524. The Labute approximate surface area is 89.5 Å². The lowest BCUT2D eigenvalue weighted by Crippen LogP contribution is -2.56. The molecule has 1 N–H and O–H groups in total. The van der Waals surface area contributed by atoms with Gasteiger partial charge in [0.2, 0.25) is 5.88 Å². The fourth-order valence-corrected chi connectivity index (χ4v) is 1.46. The summed E-state index contributed by atoms with van der Waals surface area (Å²) in [5.41, 5.74) is 0. The highest BCUT2D eigenvalue weighted by atomic mass is 16.5. The fraction of sp³-hybridized carbons (Fsp3) is 0.600. The number of aromatic nitrogens is 2. The number of anilines is 1. The Hall–Kier alpha value is -1.36. The number of hydrogen-bond acceptors (Lipinski definition) is 5. The molecule has 1 fully saturated rings. The molecular formula is C10H16N4O. The van der Waals surface area contributed by atoms with Crippen LogP contribution in [0.3, 0.4) is 0 Å². The van der Waals surface area contributed by atoms with Crippen LogP contribution in [0.2, 0.25) is 0 Å². The van der Waals surface area contributed by atoms with Crippen molar-refractivity contribution < 1.29 is 4.74 Å². The SMILES string of the molecule is CCOc1cncc(N(C)C2CNC2)n1. The van der Waals surface area contributed by atoms with Gasteiger partial charge < -0.3 is 15.0 Å². The quantitative estimate of drug-likeness (QED) is 0.770. The van der Waals surface area contributed by atoms with Crippen molar-refractivity contribution in [2.75, 3.05) is 31.6 Å². The third-order valence-electron chi connectivity index (χ3n) is 2.56. The molecule has 2 rings (SSSR count). The van der Waals surface area contributed by atoms with E-state index >= 15 is 0 Å². The highest BCUT2D eigenvalue weighted by Gasteiger charge is 2.22. The molecule has 1 aliphatic heterocycles. The maximum absolute atomic E-state index is 5.31. The van der Waals surface area contributed by atoms with Crippen LogP contribution in [0.5, 0.6) is 5.88 Å². The second-order valence-electron chi connectivity index (χ2n) is 3.57. The molecule has 15 heavy (non-hydrogen) atoms. The minimum Gasteiger partial charge on any atom is -0.477 e. The summed E-state index contributed by atoms with van der Waals surface area (Å²) in [7, 11) is 2.03. The Bertz CT molecular complexity index is 327. The van der Waals surface area contributed by atoms with Crippen LogP contribution in [0.4, 0.5) is 5.82 Å². The first-order valence-corrected chi connectivity index (χ1v) is 5.19. The lowest BCUT2D eigenvalue weighted by molar-refractivity contribution is 0.324. The number of ether oxygens (including phenoxy) is 1. The Kier molecular flexibility index (Phi) is 3.01. The standard InChI is InChI=1S/C10H16N4O/c1-3-15-10-7-12-6-9(13-10)14(2)8-4-11-5-8/h6-8,11H,3-5H2,1-2H3. The van der Waals surface area contributed by atoms with Crippen LogP contribution in [0.25, 0.3) is 0 Å². The first-order chi connectivity index (χ1) is 7.31. The van der Waals surface area contributed by atoms with Crippen LogP contribution >= 0.6 is 0 Å². The number of likely N-dealkylation sites (N-methyl/N-ethyl adjacent to an activating group) is 1. The molecule has 0 atom stereocenters. The molecule has 0 amide bonds. The van der Waals surface area contributed by atoms with E-state index in [1.54, 1.807) is 12.4 Å². The number of hydrogen-bond donors (Lipinski definition) is 1. The van der Waals surface area contributed by atoms with Crippen molar-refractivity contribution in [1.82, 2.24) is 15.3 Å². The van der Waals surface area contributed by atoms with E-state index in [0.29, 0.717) is 18.5 Å².